The van der Waals surface area contributed by atoms with Crippen molar-refractivity contribution in [2.45, 2.75) is 38.0 Å². The minimum absolute atomic E-state index is 0.115. The van der Waals surface area contributed by atoms with E-state index in [0.29, 0.717) is 0 Å². The summed E-state index contributed by atoms with van der Waals surface area (Å²) < 4.78 is 0. The molecule has 0 aromatic heterocycles. The van der Waals surface area contributed by atoms with Gasteiger partial charge in [0.2, 0.25) is 11.8 Å². The molecule has 0 aliphatic carbocycles. The number of nitrogens with two attached hydrogens (primary N) is 1. The number of hydrogen-bond donors (Lipinski definition) is 3. The van der Waals surface area contributed by atoms with Gasteiger partial charge in [-0.15, -0.1) is 0 Å². The smallest absolute Gasteiger partial charge is 0.240 e. The summed E-state index contributed by atoms with van der Waals surface area (Å²) in [6.07, 6.45) is 0.559. The van der Waals surface area contributed by atoms with Crippen LogP contribution in [0.15, 0.2) is 0 Å². The zero-order chi connectivity index (χ0) is 12.6. The van der Waals surface area contributed by atoms with E-state index in [4.69, 9.17) is 5.73 Å². The molecule has 2 rings (SSSR count). The molecule has 17 heavy (non-hydrogen) atoms. The Morgan fingerprint density at radius 3 is 2.71 bits per heavy atom. The lowest BCUT2D eigenvalue weighted by Crippen LogP contribution is -2.51. The molecular weight excluding hydrogens is 222 g/mol. The number of aliphatic hydroxyl groups is 1. The highest BCUT2D eigenvalue weighted by molar-refractivity contribution is 5.90. The Hall–Kier alpha value is -1.14. The van der Waals surface area contributed by atoms with Crippen LogP contribution < -0.4 is 11.1 Å². The summed E-state index contributed by atoms with van der Waals surface area (Å²) in [6, 6.07) is -0.908. The van der Waals surface area contributed by atoms with E-state index in [1.54, 1.807) is 0 Å². The molecule has 0 bridgehead atoms. The van der Waals surface area contributed by atoms with E-state index in [0.717, 1.165) is 13.0 Å². The molecule has 2 heterocycles. The third-order valence-electron chi connectivity index (χ3n) is 3.69. The predicted octanol–water partition coefficient (Wildman–Crippen LogP) is -1.57. The van der Waals surface area contributed by atoms with Gasteiger partial charge in [0.15, 0.2) is 0 Å². The molecule has 4 unspecified atom stereocenters. The van der Waals surface area contributed by atoms with Crippen molar-refractivity contribution in [2.75, 3.05) is 13.1 Å². The van der Waals surface area contributed by atoms with Crippen LogP contribution in [-0.4, -0.2) is 53.1 Å². The summed E-state index contributed by atoms with van der Waals surface area (Å²) in [4.78, 5) is 24.9. The average molecular weight is 241 g/mol. The third-order valence-corrected chi connectivity index (χ3v) is 3.69. The first-order valence-electron chi connectivity index (χ1n) is 6.02. The molecule has 6 nitrogen and oxygen atoms in total. The van der Waals surface area contributed by atoms with E-state index >= 15 is 0 Å². The fourth-order valence-corrected chi connectivity index (χ4v) is 2.67. The molecule has 4 N–H and O–H groups in total. The molecule has 2 amide bonds. The van der Waals surface area contributed by atoms with Crippen molar-refractivity contribution in [2.24, 2.45) is 11.7 Å². The fourth-order valence-electron chi connectivity index (χ4n) is 2.67. The van der Waals surface area contributed by atoms with Gasteiger partial charge in [0.1, 0.15) is 6.04 Å². The second-order valence-corrected chi connectivity index (χ2v) is 5.00. The summed E-state index contributed by atoms with van der Waals surface area (Å²) in [5, 5.41) is 12.7. The Morgan fingerprint density at radius 2 is 2.18 bits per heavy atom. The van der Waals surface area contributed by atoms with Crippen molar-refractivity contribution in [1.82, 2.24) is 10.2 Å². The average Bonchev–Trinajstić information content (AvgIpc) is 2.83. The van der Waals surface area contributed by atoms with Gasteiger partial charge in [0.25, 0.3) is 0 Å². The van der Waals surface area contributed by atoms with Crippen molar-refractivity contribution in [3.05, 3.63) is 0 Å². The van der Waals surface area contributed by atoms with E-state index in [9.17, 15) is 14.7 Å². The maximum atomic E-state index is 12.3. The molecule has 0 radical (unpaired) electrons. The van der Waals surface area contributed by atoms with Crippen LogP contribution in [0.4, 0.5) is 0 Å². The first kappa shape index (κ1) is 12.3. The first-order valence-corrected chi connectivity index (χ1v) is 6.02. The Kier molecular flexibility index (Phi) is 3.35. The maximum absolute atomic E-state index is 12.3. The Bertz CT molecular complexity index is 334. The monoisotopic (exact) mass is 241 g/mol. The number of nitrogens with one attached hydrogen (secondary N) is 1. The molecule has 0 aromatic rings. The standard InChI is InChI=1S/C11H19N3O3/c1-6-2-3-13-9(6)11(17)14-5-7(15)4-8(14)10(12)16/h6-9,13,15H,2-5H2,1H3,(H2,12,16). The van der Waals surface area contributed by atoms with Crippen LogP contribution in [-0.2, 0) is 9.59 Å². The van der Waals surface area contributed by atoms with E-state index in [-0.39, 0.29) is 30.8 Å². The van der Waals surface area contributed by atoms with Gasteiger partial charge < -0.3 is 21.1 Å². The van der Waals surface area contributed by atoms with Crippen molar-refractivity contribution in [1.29, 1.82) is 0 Å². The second-order valence-electron chi connectivity index (χ2n) is 5.00. The summed E-state index contributed by atoms with van der Waals surface area (Å²) in [5.74, 6) is -0.398. The normalized spacial score (nSPS) is 37.4. The minimum Gasteiger partial charge on any atom is -0.391 e. The van der Waals surface area contributed by atoms with Gasteiger partial charge in [-0.2, -0.15) is 0 Å². The van der Waals surface area contributed by atoms with E-state index in [2.05, 4.69) is 5.32 Å². The summed E-state index contributed by atoms with van der Waals surface area (Å²) >= 11 is 0. The molecule has 2 aliphatic heterocycles. The quantitative estimate of drug-likeness (QED) is 0.544. The molecule has 0 spiro atoms. The third kappa shape index (κ3) is 2.28. The van der Waals surface area contributed by atoms with E-state index < -0.39 is 18.1 Å². The van der Waals surface area contributed by atoms with Gasteiger partial charge in [-0.3, -0.25) is 9.59 Å². The van der Waals surface area contributed by atoms with Gasteiger partial charge in [-0.05, 0) is 18.9 Å². The van der Waals surface area contributed by atoms with Crippen molar-refractivity contribution < 1.29 is 14.7 Å². The van der Waals surface area contributed by atoms with E-state index in [1.165, 1.54) is 4.90 Å². The number of amides is 2. The highest BCUT2D eigenvalue weighted by Gasteiger charge is 2.42. The van der Waals surface area contributed by atoms with Crippen LogP contribution in [0.1, 0.15) is 19.8 Å². The van der Waals surface area contributed by atoms with Crippen LogP contribution in [0.3, 0.4) is 0 Å². The number of nitrogens with zero attached hydrogens (tertiary/aromatic N) is 1. The number of likely N-dealkylation sites (tertiary alicyclic amines) is 1. The summed E-state index contributed by atoms with van der Waals surface area (Å²) in [6.45, 7) is 3.03. The number of hydrogen-bond acceptors (Lipinski definition) is 4. The topological polar surface area (TPSA) is 95.7 Å². The molecule has 2 aliphatic rings. The van der Waals surface area contributed by atoms with Crippen LogP contribution >= 0.6 is 0 Å². The van der Waals surface area contributed by atoms with Crippen LogP contribution in [0.5, 0.6) is 0 Å². The number of β-amino-alcohol motifs (C(OH)–C–C–N with tert-alkyl or cyclic N) is 1. The van der Waals surface area contributed by atoms with Gasteiger partial charge >= 0.3 is 0 Å². The highest BCUT2D eigenvalue weighted by atomic mass is 16.3. The largest absolute Gasteiger partial charge is 0.391 e. The first-order chi connectivity index (χ1) is 8.00. The Balaban J connectivity index is 2.10. The zero-order valence-corrected chi connectivity index (χ0v) is 9.93. The fraction of sp³-hybridized carbons (Fsp3) is 0.818. The van der Waals surface area contributed by atoms with Gasteiger partial charge in [-0.25, -0.2) is 0 Å². The van der Waals surface area contributed by atoms with Crippen molar-refractivity contribution in [3.63, 3.8) is 0 Å². The zero-order valence-electron chi connectivity index (χ0n) is 9.93. The molecular formula is C11H19N3O3. The number of rotatable bonds is 2. The lowest BCUT2D eigenvalue weighted by atomic mass is 10.0. The number of carbonyl (C=O) groups is 2. The predicted molar refractivity (Wildman–Crippen MR) is 60.9 cm³/mol. The molecule has 2 saturated heterocycles. The molecule has 0 saturated carbocycles. The Morgan fingerprint density at radius 1 is 1.47 bits per heavy atom. The molecule has 4 atom stereocenters. The number of carbonyl (C=O) groups excluding carboxylic acids is 2. The maximum Gasteiger partial charge on any atom is 0.240 e. The van der Waals surface area contributed by atoms with Crippen molar-refractivity contribution in [3.8, 4) is 0 Å². The Labute approximate surface area is 100 Å². The SMILES string of the molecule is CC1CCNC1C(=O)N1CC(O)CC1C(N)=O. The number of primary amides is 1. The highest BCUT2D eigenvalue weighted by Crippen LogP contribution is 2.23. The second kappa shape index (κ2) is 4.62. The van der Waals surface area contributed by atoms with Crippen molar-refractivity contribution >= 4 is 11.8 Å². The minimum atomic E-state index is -0.660. The van der Waals surface area contributed by atoms with Crippen LogP contribution in [0, 0.1) is 5.92 Å². The molecule has 6 heteroatoms. The number of aliphatic hydroxyl groups excluding tert-OH is 1. The molecule has 96 valence electrons. The van der Waals surface area contributed by atoms with Gasteiger partial charge in [-0.1, -0.05) is 6.92 Å². The summed E-state index contributed by atoms with van der Waals surface area (Å²) in [7, 11) is 0. The van der Waals surface area contributed by atoms with Crippen LogP contribution in [0.25, 0.3) is 0 Å². The lowest BCUT2D eigenvalue weighted by Gasteiger charge is -2.26. The van der Waals surface area contributed by atoms with Crippen LogP contribution in [0.2, 0.25) is 0 Å². The lowest BCUT2D eigenvalue weighted by molar-refractivity contribution is -0.139. The van der Waals surface area contributed by atoms with Gasteiger partial charge in [0.05, 0.1) is 12.1 Å². The molecule has 2 fully saturated rings. The molecule has 0 aromatic carbocycles. The van der Waals surface area contributed by atoms with E-state index in [1.807, 2.05) is 6.92 Å². The summed E-state index contributed by atoms with van der Waals surface area (Å²) in [5.41, 5.74) is 5.26. The van der Waals surface area contributed by atoms with Gasteiger partial charge in [0, 0.05) is 13.0 Å².